The van der Waals surface area contributed by atoms with Crippen molar-refractivity contribution in [3.05, 3.63) is 64.0 Å². The van der Waals surface area contributed by atoms with Crippen LogP contribution >= 0.6 is 11.8 Å². The molecule has 0 aliphatic heterocycles. The minimum Gasteiger partial charge on any atom is -0.495 e. The summed E-state index contributed by atoms with van der Waals surface area (Å²) in [5.41, 5.74) is 1.33. The van der Waals surface area contributed by atoms with Crippen molar-refractivity contribution < 1.29 is 19.2 Å². The largest absolute Gasteiger partial charge is 0.495 e. The van der Waals surface area contributed by atoms with E-state index in [2.05, 4.69) is 20.8 Å². The summed E-state index contributed by atoms with van der Waals surface area (Å²) in [6, 6.07) is 11.6. The number of benzene rings is 2. The van der Waals surface area contributed by atoms with Gasteiger partial charge in [-0.3, -0.25) is 19.7 Å². The molecule has 0 saturated heterocycles. The highest BCUT2D eigenvalue weighted by molar-refractivity contribution is 7.99. The predicted molar refractivity (Wildman–Crippen MR) is 124 cm³/mol. The van der Waals surface area contributed by atoms with E-state index in [1.807, 2.05) is 0 Å². The van der Waals surface area contributed by atoms with Gasteiger partial charge < -0.3 is 19.9 Å². The van der Waals surface area contributed by atoms with Crippen molar-refractivity contribution >= 4 is 40.6 Å². The number of aromatic nitrogens is 3. The number of thioether (sulfide) groups is 1. The first-order chi connectivity index (χ1) is 15.8. The van der Waals surface area contributed by atoms with Crippen molar-refractivity contribution in [2.45, 2.75) is 18.5 Å². The number of hydrogen-bond donors (Lipinski definition) is 2. The van der Waals surface area contributed by atoms with Crippen molar-refractivity contribution in [1.82, 2.24) is 14.8 Å². The molecule has 33 heavy (non-hydrogen) atoms. The molecule has 0 unspecified atom stereocenters. The fourth-order valence-corrected chi connectivity index (χ4v) is 3.65. The van der Waals surface area contributed by atoms with Crippen LogP contribution in [-0.4, -0.2) is 44.4 Å². The molecule has 2 amide bonds. The molecule has 0 bridgehead atoms. The fraction of sp³-hybridized carbons (Fsp3) is 0.238. The summed E-state index contributed by atoms with van der Waals surface area (Å²) in [5.74, 6) is 0.354. The Balaban J connectivity index is 1.56. The molecule has 2 N–H and O–H groups in total. The smallest absolute Gasteiger partial charge is 0.274 e. The van der Waals surface area contributed by atoms with Crippen molar-refractivity contribution in [3.8, 4) is 5.75 Å². The average Bonchev–Trinajstić information content (AvgIpc) is 3.12. The molecule has 1 heterocycles. The van der Waals surface area contributed by atoms with E-state index < -0.39 is 4.92 Å². The summed E-state index contributed by atoms with van der Waals surface area (Å²) in [7, 11) is 3.22. The first-order valence-electron chi connectivity index (χ1n) is 9.77. The molecule has 0 aliphatic rings. The Bertz CT molecular complexity index is 1200. The van der Waals surface area contributed by atoms with E-state index >= 15 is 0 Å². The highest BCUT2D eigenvalue weighted by Crippen LogP contribution is 2.24. The van der Waals surface area contributed by atoms with Crippen LogP contribution in [0.15, 0.2) is 47.6 Å². The normalized spacial score (nSPS) is 10.5. The zero-order valence-corrected chi connectivity index (χ0v) is 19.0. The molecule has 3 aromatic rings. The molecule has 172 valence electrons. The molecule has 12 heteroatoms. The molecule has 1 aromatic heterocycles. The second-order valence-electron chi connectivity index (χ2n) is 6.98. The Morgan fingerprint density at radius 3 is 2.64 bits per heavy atom. The molecule has 0 spiro atoms. The van der Waals surface area contributed by atoms with E-state index in [1.165, 1.54) is 13.2 Å². The zero-order valence-electron chi connectivity index (χ0n) is 18.2. The number of carbonyl (C=O) groups excluding carboxylic acids is 2. The second kappa shape index (κ2) is 10.6. The summed E-state index contributed by atoms with van der Waals surface area (Å²) >= 11 is 1.14. The van der Waals surface area contributed by atoms with Crippen LogP contribution in [-0.2, 0) is 23.1 Å². The number of hydrogen-bond acceptors (Lipinski definition) is 8. The maximum atomic E-state index is 12.4. The Morgan fingerprint density at radius 1 is 1.15 bits per heavy atom. The highest BCUT2D eigenvalue weighted by atomic mass is 32.2. The van der Waals surface area contributed by atoms with Gasteiger partial charge in [-0.25, -0.2) is 0 Å². The molecule has 11 nitrogen and oxygen atoms in total. The van der Waals surface area contributed by atoms with Gasteiger partial charge in [-0.15, -0.1) is 10.2 Å². The number of nitrogens with zero attached hydrogens (tertiary/aromatic N) is 4. The third-order valence-corrected chi connectivity index (χ3v) is 5.67. The van der Waals surface area contributed by atoms with Gasteiger partial charge in [-0.1, -0.05) is 30.0 Å². The molecular formula is C21H22N6O5S. The Hall–Kier alpha value is -3.93. The molecule has 0 atom stereocenters. The summed E-state index contributed by atoms with van der Waals surface area (Å²) in [6.07, 6.45) is -0.0126. The number of aryl methyl sites for hydroxylation is 1. The van der Waals surface area contributed by atoms with E-state index in [9.17, 15) is 19.7 Å². The van der Waals surface area contributed by atoms with E-state index in [0.29, 0.717) is 33.7 Å². The molecule has 0 aliphatic carbocycles. The number of ether oxygens (including phenoxy) is 1. The number of para-hydroxylation sites is 2. The molecule has 0 saturated carbocycles. The quantitative estimate of drug-likeness (QED) is 0.276. The summed E-state index contributed by atoms with van der Waals surface area (Å²) in [5, 5.41) is 25.0. The number of amides is 2. The van der Waals surface area contributed by atoms with Crippen molar-refractivity contribution in [3.63, 3.8) is 0 Å². The lowest BCUT2D eigenvalue weighted by molar-refractivity contribution is -0.385. The number of nitro groups is 1. The fourth-order valence-electron chi connectivity index (χ4n) is 2.92. The van der Waals surface area contributed by atoms with Gasteiger partial charge in [-0.2, -0.15) is 0 Å². The highest BCUT2D eigenvalue weighted by Gasteiger charge is 2.16. The summed E-state index contributed by atoms with van der Waals surface area (Å²) in [4.78, 5) is 35.3. The maximum Gasteiger partial charge on any atom is 0.274 e. The van der Waals surface area contributed by atoms with Gasteiger partial charge in [0.15, 0.2) is 5.16 Å². The summed E-state index contributed by atoms with van der Waals surface area (Å²) in [6.45, 7) is 1.63. The molecular weight excluding hydrogens is 448 g/mol. The van der Waals surface area contributed by atoms with Crippen LogP contribution in [0.3, 0.4) is 0 Å². The number of carbonyl (C=O) groups is 2. The predicted octanol–water partition coefficient (Wildman–Crippen LogP) is 2.95. The van der Waals surface area contributed by atoms with Crippen molar-refractivity contribution in [2.24, 2.45) is 7.05 Å². The summed E-state index contributed by atoms with van der Waals surface area (Å²) < 4.78 is 6.86. The Morgan fingerprint density at radius 2 is 1.91 bits per heavy atom. The van der Waals surface area contributed by atoms with Crippen molar-refractivity contribution in [1.29, 1.82) is 0 Å². The third-order valence-electron chi connectivity index (χ3n) is 4.65. The van der Waals surface area contributed by atoms with Crippen LogP contribution in [0.5, 0.6) is 5.75 Å². The number of methoxy groups -OCH3 is 1. The molecule has 0 radical (unpaired) electrons. The molecule has 2 aromatic carbocycles. The van der Waals surface area contributed by atoms with Crippen LogP contribution in [0.2, 0.25) is 0 Å². The van der Waals surface area contributed by atoms with Crippen LogP contribution in [0.4, 0.5) is 17.1 Å². The minimum absolute atomic E-state index is 0.0126. The van der Waals surface area contributed by atoms with E-state index in [0.717, 1.165) is 11.8 Å². The SMILES string of the molecule is COc1ccccc1NC(=O)Cc1nnc(SCC(=O)Nc2ccc(C)c([N+](=O)[O-])c2)n1C. The maximum absolute atomic E-state index is 12.4. The van der Waals surface area contributed by atoms with Gasteiger partial charge in [0.1, 0.15) is 11.6 Å². The lowest BCUT2D eigenvalue weighted by Crippen LogP contribution is -2.17. The van der Waals surface area contributed by atoms with Gasteiger partial charge >= 0.3 is 0 Å². The average molecular weight is 471 g/mol. The van der Waals surface area contributed by atoms with E-state index in [-0.39, 0.29) is 29.7 Å². The minimum atomic E-state index is -0.495. The van der Waals surface area contributed by atoms with Gasteiger partial charge in [-0.05, 0) is 25.1 Å². The monoisotopic (exact) mass is 470 g/mol. The lowest BCUT2D eigenvalue weighted by atomic mass is 10.2. The first kappa shape index (κ1) is 23.7. The second-order valence-corrected chi connectivity index (χ2v) is 7.92. The lowest BCUT2D eigenvalue weighted by Gasteiger charge is -2.09. The topological polar surface area (TPSA) is 141 Å². The van der Waals surface area contributed by atoms with E-state index in [1.54, 1.807) is 54.9 Å². The molecule has 3 rings (SSSR count). The van der Waals surface area contributed by atoms with Gasteiger partial charge in [0.05, 0.1) is 29.9 Å². The van der Waals surface area contributed by atoms with Gasteiger partial charge in [0.2, 0.25) is 11.8 Å². The number of nitro benzene ring substituents is 1. The zero-order chi connectivity index (χ0) is 24.0. The van der Waals surface area contributed by atoms with Crippen molar-refractivity contribution in [2.75, 3.05) is 23.5 Å². The van der Waals surface area contributed by atoms with Crippen LogP contribution in [0.1, 0.15) is 11.4 Å². The standard InChI is InChI=1S/C21H22N6O5S/c1-13-8-9-14(10-16(13)27(30)31)22-20(29)12-33-21-25-24-18(26(21)2)11-19(28)23-15-6-4-5-7-17(15)32-3/h4-10H,11-12H2,1-3H3,(H,22,29)(H,23,28). The number of nitrogens with one attached hydrogen (secondary N) is 2. The van der Waals surface area contributed by atoms with Crippen LogP contribution in [0, 0.1) is 17.0 Å². The third kappa shape index (κ3) is 6.07. The Kier molecular flexibility index (Phi) is 7.61. The van der Waals surface area contributed by atoms with Gasteiger partial charge in [0, 0.05) is 24.4 Å². The van der Waals surface area contributed by atoms with Crippen LogP contribution < -0.4 is 15.4 Å². The molecule has 0 fully saturated rings. The van der Waals surface area contributed by atoms with E-state index in [4.69, 9.17) is 4.74 Å². The Labute approximate surface area is 193 Å². The number of rotatable bonds is 9. The van der Waals surface area contributed by atoms with Gasteiger partial charge in [0.25, 0.3) is 5.69 Å². The first-order valence-corrected chi connectivity index (χ1v) is 10.8. The number of anilines is 2. The van der Waals surface area contributed by atoms with Crippen LogP contribution in [0.25, 0.3) is 0 Å².